The molecule has 0 aliphatic heterocycles. The van der Waals surface area contributed by atoms with Gasteiger partial charge in [-0.3, -0.25) is 19.6 Å². The first kappa shape index (κ1) is 17.1. The van der Waals surface area contributed by atoms with E-state index in [-0.39, 0.29) is 17.3 Å². The van der Waals surface area contributed by atoms with E-state index in [0.717, 1.165) is 23.5 Å². The van der Waals surface area contributed by atoms with Crippen LogP contribution in [0.15, 0.2) is 18.2 Å². The fourth-order valence-electron chi connectivity index (χ4n) is 1.34. The van der Waals surface area contributed by atoms with Gasteiger partial charge in [-0.2, -0.15) is 12.7 Å². The molecule has 0 saturated carbocycles. The van der Waals surface area contributed by atoms with Crippen LogP contribution in [0, 0.1) is 10.1 Å². The van der Waals surface area contributed by atoms with E-state index in [1.54, 1.807) is 0 Å². The van der Waals surface area contributed by atoms with Crippen LogP contribution in [-0.4, -0.2) is 42.3 Å². The molecule has 0 bridgehead atoms. The van der Waals surface area contributed by atoms with Gasteiger partial charge >= 0.3 is 16.2 Å². The van der Waals surface area contributed by atoms with Gasteiger partial charge in [0.1, 0.15) is 5.69 Å². The smallest absolute Gasteiger partial charge is 0.304 e. The molecule has 0 spiro atoms. The fourth-order valence-corrected chi connectivity index (χ4v) is 2.44. The van der Waals surface area contributed by atoms with E-state index < -0.39 is 33.2 Å². The molecule has 0 atom stereocenters. The standard InChI is InChI=1S/C10H12ClN3O6S/c1-13(5-4-10(15)16)21(19,20)12-8-6-7(11)2-3-9(8)14(17)18/h2-3,6,12H,4-5H2,1H3,(H,15,16). The Morgan fingerprint density at radius 3 is 2.67 bits per heavy atom. The second-order valence-corrected chi connectivity index (χ2v) is 6.20. The van der Waals surface area contributed by atoms with Crippen LogP contribution in [0.3, 0.4) is 0 Å². The van der Waals surface area contributed by atoms with Crippen molar-refractivity contribution in [2.75, 3.05) is 18.3 Å². The Bertz CT molecular complexity index is 663. The Balaban J connectivity index is 3.01. The average Bonchev–Trinajstić information content (AvgIpc) is 2.34. The number of hydrogen-bond donors (Lipinski definition) is 2. The highest BCUT2D eigenvalue weighted by molar-refractivity contribution is 7.90. The molecule has 0 saturated heterocycles. The minimum absolute atomic E-state index is 0.117. The maximum absolute atomic E-state index is 12.0. The number of benzene rings is 1. The van der Waals surface area contributed by atoms with Crippen LogP contribution < -0.4 is 4.72 Å². The molecule has 0 unspecified atom stereocenters. The Labute approximate surface area is 125 Å². The lowest BCUT2D eigenvalue weighted by atomic mass is 10.3. The number of carboxylic acids is 1. The van der Waals surface area contributed by atoms with E-state index in [1.807, 2.05) is 4.72 Å². The molecule has 0 aliphatic carbocycles. The Morgan fingerprint density at radius 1 is 1.52 bits per heavy atom. The Morgan fingerprint density at radius 2 is 2.14 bits per heavy atom. The summed E-state index contributed by atoms with van der Waals surface area (Å²) in [5.41, 5.74) is -0.760. The zero-order chi connectivity index (χ0) is 16.2. The minimum Gasteiger partial charge on any atom is -0.481 e. The van der Waals surface area contributed by atoms with Gasteiger partial charge in [0.2, 0.25) is 0 Å². The zero-order valence-electron chi connectivity index (χ0n) is 10.8. The van der Waals surface area contributed by atoms with E-state index >= 15 is 0 Å². The van der Waals surface area contributed by atoms with Crippen molar-refractivity contribution in [1.82, 2.24) is 4.31 Å². The van der Waals surface area contributed by atoms with Crippen LogP contribution in [0.4, 0.5) is 11.4 Å². The van der Waals surface area contributed by atoms with E-state index in [4.69, 9.17) is 16.7 Å². The van der Waals surface area contributed by atoms with Gasteiger partial charge < -0.3 is 5.11 Å². The molecule has 2 N–H and O–H groups in total. The summed E-state index contributed by atoms with van der Waals surface area (Å²) in [4.78, 5) is 20.5. The molecule has 1 rings (SSSR count). The maximum Gasteiger partial charge on any atom is 0.304 e. The number of carbonyl (C=O) groups is 1. The van der Waals surface area contributed by atoms with E-state index in [0.29, 0.717) is 0 Å². The van der Waals surface area contributed by atoms with Gasteiger partial charge in [-0.15, -0.1) is 0 Å². The predicted molar refractivity (Wildman–Crippen MR) is 75.5 cm³/mol. The topological polar surface area (TPSA) is 130 Å². The van der Waals surface area contributed by atoms with Crippen molar-refractivity contribution in [2.24, 2.45) is 0 Å². The molecule has 0 radical (unpaired) electrons. The van der Waals surface area contributed by atoms with Gasteiger partial charge in [0.05, 0.1) is 11.3 Å². The Kier molecular flexibility index (Phi) is 5.47. The molecule has 21 heavy (non-hydrogen) atoms. The zero-order valence-corrected chi connectivity index (χ0v) is 12.4. The summed E-state index contributed by atoms with van der Waals surface area (Å²) in [6.07, 6.45) is -0.394. The SMILES string of the molecule is CN(CCC(=O)O)S(=O)(=O)Nc1cc(Cl)ccc1[N+](=O)[O-]. The lowest BCUT2D eigenvalue weighted by Gasteiger charge is -2.17. The molecular weight excluding hydrogens is 326 g/mol. The van der Waals surface area contributed by atoms with Crippen LogP contribution in [0.2, 0.25) is 5.02 Å². The van der Waals surface area contributed by atoms with Crippen molar-refractivity contribution in [3.8, 4) is 0 Å². The van der Waals surface area contributed by atoms with Gasteiger partial charge in [0.25, 0.3) is 5.69 Å². The third-order valence-electron chi connectivity index (χ3n) is 2.45. The molecule has 0 amide bonds. The number of halogens is 1. The first-order chi connectivity index (χ1) is 9.63. The van der Waals surface area contributed by atoms with E-state index in [1.165, 1.54) is 6.07 Å². The van der Waals surface area contributed by atoms with Gasteiger partial charge in [-0.05, 0) is 12.1 Å². The van der Waals surface area contributed by atoms with E-state index in [2.05, 4.69) is 0 Å². The highest BCUT2D eigenvalue weighted by atomic mass is 35.5. The van der Waals surface area contributed by atoms with Gasteiger partial charge in [-0.1, -0.05) is 11.6 Å². The molecule has 116 valence electrons. The average molecular weight is 338 g/mol. The van der Waals surface area contributed by atoms with Crippen molar-refractivity contribution in [3.63, 3.8) is 0 Å². The van der Waals surface area contributed by atoms with Crippen LogP contribution in [0.5, 0.6) is 0 Å². The minimum atomic E-state index is -4.12. The molecule has 0 fully saturated rings. The number of rotatable bonds is 7. The molecule has 0 heterocycles. The molecular formula is C10H12ClN3O6S. The lowest BCUT2D eigenvalue weighted by Crippen LogP contribution is -2.34. The van der Waals surface area contributed by atoms with Gasteiger partial charge in [-0.25, -0.2) is 0 Å². The summed E-state index contributed by atoms with van der Waals surface area (Å²) in [5.74, 6) is -1.16. The summed E-state index contributed by atoms with van der Waals surface area (Å²) < 4.78 is 26.7. The Hall–Kier alpha value is -1.91. The van der Waals surface area contributed by atoms with Gasteiger partial charge in [0.15, 0.2) is 0 Å². The third-order valence-corrected chi connectivity index (χ3v) is 4.16. The lowest BCUT2D eigenvalue weighted by molar-refractivity contribution is -0.383. The molecule has 1 aromatic rings. The van der Waals surface area contributed by atoms with Crippen LogP contribution >= 0.6 is 11.6 Å². The second kappa shape index (κ2) is 6.70. The van der Waals surface area contributed by atoms with Crippen molar-refractivity contribution in [2.45, 2.75) is 6.42 Å². The van der Waals surface area contributed by atoms with Crippen LogP contribution in [0.1, 0.15) is 6.42 Å². The highest BCUT2D eigenvalue weighted by Gasteiger charge is 2.23. The fraction of sp³-hybridized carbons (Fsp3) is 0.300. The van der Waals surface area contributed by atoms with Gasteiger partial charge in [0, 0.05) is 24.7 Å². The van der Waals surface area contributed by atoms with Crippen molar-refractivity contribution >= 4 is 39.2 Å². The summed E-state index contributed by atoms with van der Waals surface area (Å²) in [7, 11) is -2.97. The molecule has 0 aromatic heterocycles. The van der Waals surface area contributed by atoms with Crippen LogP contribution in [-0.2, 0) is 15.0 Å². The second-order valence-electron chi connectivity index (χ2n) is 3.99. The molecule has 11 heteroatoms. The summed E-state index contributed by atoms with van der Waals surface area (Å²) in [6.45, 7) is -0.279. The van der Waals surface area contributed by atoms with Crippen molar-refractivity contribution < 1.29 is 23.2 Å². The first-order valence-electron chi connectivity index (χ1n) is 5.53. The summed E-state index contributed by atoms with van der Waals surface area (Å²) >= 11 is 5.68. The predicted octanol–water partition coefficient (Wildman–Crippen LogP) is 1.31. The third kappa shape index (κ3) is 4.85. The number of aliphatic carboxylic acids is 1. The molecule has 0 aliphatic rings. The quantitative estimate of drug-likeness (QED) is 0.570. The number of hydrogen-bond acceptors (Lipinski definition) is 5. The summed E-state index contributed by atoms with van der Waals surface area (Å²) in [5, 5.41) is 19.5. The number of nitrogens with zero attached hydrogens (tertiary/aromatic N) is 2. The summed E-state index contributed by atoms with van der Waals surface area (Å²) in [6, 6.07) is 3.42. The van der Waals surface area contributed by atoms with Crippen molar-refractivity contribution in [3.05, 3.63) is 33.3 Å². The number of carboxylic acid groups (broad SMARTS) is 1. The maximum atomic E-state index is 12.0. The number of nitro benzene ring substituents is 1. The first-order valence-corrected chi connectivity index (χ1v) is 7.35. The van der Waals surface area contributed by atoms with E-state index in [9.17, 15) is 23.3 Å². The highest BCUT2D eigenvalue weighted by Crippen LogP contribution is 2.28. The molecule has 9 nitrogen and oxygen atoms in total. The van der Waals surface area contributed by atoms with Crippen LogP contribution in [0.25, 0.3) is 0 Å². The number of anilines is 1. The normalized spacial score (nSPS) is 11.4. The number of nitrogens with one attached hydrogen (secondary N) is 1. The number of nitro groups is 1. The monoisotopic (exact) mass is 337 g/mol. The van der Waals surface area contributed by atoms with Crippen molar-refractivity contribution in [1.29, 1.82) is 0 Å². The largest absolute Gasteiger partial charge is 0.481 e. The molecule has 1 aromatic carbocycles.